The zero-order valence-corrected chi connectivity index (χ0v) is 11.3. The number of nitrogens with one attached hydrogen (secondary N) is 1. The molecule has 0 fully saturated rings. The van der Waals surface area contributed by atoms with E-state index in [1.54, 1.807) is 45.0 Å². The maximum atomic E-state index is 11.6. The van der Waals surface area contributed by atoms with E-state index in [1.165, 1.54) is 0 Å². The zero-order valence-electron chi connectivity index (χ0n) is 10.6. The number of halogens is 1. The summed E-state index contributed by atoms with van der Waals surface area (Å²) in [5.41, 5.74) is -0.0101. The van der Waals surface area contributed by atoms with Crippen molar-refractivity contribution in [1.29, 1.82) is 0 Å². The average molecular weight is 270 g/mol. The first-order valence-corrected chi connectivity index (χ1v) is 5.91. The first-order chi connectivity index (χ1) is 8.29. The van der Waals surface area contributed by atoms with Gasteiger partial charge in [-0.3, -0.25) is 4.79 Å². The van der Waals surface area contributed by atoms with Crippen molar-refractivity contribution in [2.45, 2.75) is 32.4 Å². The fraction of sp³-hybridized carbons (Fsp3) is 0.385. The molecule has 1 unspecified atom stereocenters. The highest BCUT2D eigenvalue weighted by Crippen LogP contribution is 2.16. The van der Waals surface area contributed by atoms with Crippen LogP contribution >= 0.6 is 11.6 Å². The van der Waals surface area contributed by atoms with Gasteiger partial charge in [0.05, 0.1) is 0 Å². The third-order valence-electron chi connectivity index (χ3n) is 2.02. The van der Waals surface area contributed by atoms with E-state index in [0.29, 0.717) is 5.56 Å². The van der Waals surface area contributed by atoms with Gasteiger partial charge in [0.2, 0.25) is 5.24 Å². The van der Waals surface area contributed by atoms with Crippen LogP contribution in [0.5, 0.6) is 0 Å². The Bertz CT molecular complexity index is 426. The smallest absolute Gasteiger partial charge is 0.408 e. The highest BCUT2D eigenvalue weighted by atomic mass is 35.5. The number of hydrogen-bond acceptors (Lipinski definition) is 3. The van der Waals surface area contributed by atoms with Gasteiger partial charge in [-0.1, -0.05) is 30.3 Å². The molecule has 5 heteroatoms. The van der Waals surface area contributed by atoms with E-state index in [1.807, 2.05) is 6.07 Å². The summed E-state index contributed by atoms with van der Waals surface area (Å²) in [5, 5.41) is 1.79. The average Bonchev–Trinajstić information content (AvgIpc) is 2.24. The van der Waals surface area contributed by atoms with Crippen LogP contribution in [0.25, 0.3) is 0 Å². The lowest BCUT2D eigenvalue weighted by atomic mass is 10.1. The Morgan fingerprint density at radius 3 is 2.22 bits per heavy atom. The van der Waals surface area contributed by atoms with Crippen molar-refractivity contribution in [1.82, 2.24) is 5.32 Å². The minimum atomic E-state index is -0.900. The van der Waals surface area contributed by atoms with Crippen LogP contribution in [-0.2, 0) is 9.53 Å². The summed E-state index contributed by atoms with van der Waals surface area (Å²) in [7, 11) is 0. The van der Waals surface area contributed by atoms with Crippen LogP contribution in [0.2, 0.25) is 0 Å². The molecule has 1 atom stereocenters. The summed E-state index contributed by atoms with van der Waals surface area (Å²) in [6.07, 6.45) is -0.676. The fourth-order valence-corrected chi connectivity index (χ4v) is 1.52. The Labute approximate surface area is 111 Å². The van der Waals surface area contributed by atoms with E-state index in [-0.39, 0.29) is 0 Å². The summed E-state index contributed by atoms with van der Waals surface area (Å²) in [6.45, 7) is 5.23. The van der Waals surface area contributed by atoms with Gasteiger partial charge < -0.3 is 10.1 Å². The van der Waals surface area contributed by atoms with Gasteiger partial charge in [-0.25, -0.2) is 4.79 Å². The van der Waals surface area contributed by atoms with Crippen molar-refractivity contribution in [3.05, 3.63) is 35.9 Å². The van der Waals surface area contributed by atoms with Gasteiger partial charge in [-0.05, 0) is 37.9 Å². The normalized spacial score (nSPS) is 12.7. The maximum Gasteiger partial charge on any atom is 0.408 e. The third kappa shape index (κ3) is 4.75. The molecule has 0 heterocycles. The monoisotopic (exact) mass is 269 g/mol. The molecule has 0 aliphatic rings. The molecule has 0 saturated heterocycles. The van der Waals surface area contributed by atoms with Crippen molar-refractivity contribution >= 4 is 22.9 Å². The fourth-order valence-electron chi connectivity index (χ4n) is 1.34. The maximum absolute atomic E-state index is 11.6. The molecule has 0 bridgehead atoms. The molecule has 4 nitrogen and oxygen atoms in total. The Hall–Kier alpha value is -1.55. The van der Waals surface area contributed by atoms with Crippen molar-refractivity contribution in [2.24, 2.45) is 0 Å². The number of carbonyl (C=O) groups is 2. The second-order valence-electron chi connectivity index (χ2n) is 4.79. The van der Waals surface area contributed by atoms with E-state index in [9.17, 15) is 9.59 Å². The number of ether oxygens (including phenoxy) is 1. The number of alkyl carbamates (subject to hydrolysis) is 1. The van der Waals surface area contributed by atoms with Crippen LogP contribution in [0, 0.1) is 0 Å². The predicted molar refractivity (Wildman–Crippen MR) is 69.4 cm³/mol. The lowest BCUT2D eigenvalue weighted by Gasteiger charge is -2.22. The molecule has 1 N–H and O–H groups in total. The summed E-state index contributed by atoms with van der Waals surface area (Å²) in [5.74, 6) is 0. The lowest BCUT2D eigenvalue weighted by molar-refractivity contribution is -0.113. The van der Waals surface area contributed by atoms with Crippen LogP contribution in [0.1, 0.15) is 32.4 Å². The summed E-state index contributed by atoms with van der Waals surface area (Å²) < 4.78 is 5.08. The van der Waals surface area contributed by atoms with Gasteiger partial charge in [0, 0.05) is 0 Å². The van der Waals surface area contributed by atoms with Crippen molar-refractivity contribution in [3.8, 4) is 0 Å². The van der Waals surface area contributed by atoms with Gasteiger partial charge in [0.25, 0.3) is 0 Å². The van der Waals surface area contributed by atoms with Gasteiger partial charge in [0.1, 0.15) is 11.6 Å². The zero-order chi connectivity index (χ0) is 13.8. The number of amides is 1. The summed E-state index contributed by atoms with van der Waals surface area (Å²) in [6, 6.07) is 7.86. The molecule has 0 aliphatic carbocycles. The summed E-state index contributed by atoms with van der Waals surface area (Å²) in [4.78, 5) is 22.9. The molecule has 0 spiro atoms. The van der Waals surface area contributed by atoms with Gasteiger partial charge >= 0.3 is 6.09 Å². The van der Waals surface area contributed by atoms with E-state index in [4.69, 9.17) is 16.3 Å². The van der Waals surface area contributed by atoms with Crippen LogP contribution in [0.15, 0.2) is 30.3 Å². The molecule has 18 heavy (non-hydrogen) atoms. The number of benzene rings is 1. The molecule has 0 aromatic heterocycles. The Kier molecular flexibility index (Phi) is 4.73. The predicted octanol–water partition coefficient (Wildman–Crippen LogP) is 3.02. The Balaban J connectivity index is 2.77. The van der Waals surface area contributed by atoms with Gasteiger partial charge in [-0.15, -0.1) is 0 Å². The van der Waals surface area contributed by atoms with E-state index in [2.05, 4.69) is 5.32 Å². The first kappa shape index (κ1) is 14.5. The molecule has 1 amide bonds. The van der Waals surface area contributed by atoms with Crippen LogP contribution < -0.4 is 5.32 Å². The highest BCUT2D eigenvalue weighted by molar-refractivity contribution is 6.64. The molecular weight excluding hydrogens is 254 g/mol. The molecule has 1 aromatic carbocycles. The van der Waals surface area contributed by atoms with Crippen LogP contribution in [-0.4, -0.2) is 16.9 Å². The standard InChI is InChI=1S/C13H16ClNO3/c1-13(2,3)18-12(17)15-10(11(14)16)9-7-5-4-6-8-9/h4-8,10H,1-3H3,(H,15,17). The van der Waals surface area contributed by atoms with Crippen molar-refractivity contribution < 1.29 is 14.3 Å². The van der Waals surface area contributed by atoms with Crippen LogP contribution in [0.3, 0.4) is 0 Å². The molecule has 98 valence electrons. The molecule has 1 rings (SSSR count). The van der Waals surface area contributed by atoms with Crippen molar-refractivity contribution in [3.63, 3.8) is 0 Å². The molecule has 0 radical (unpaired) electrons. The molecule has 0 saturated carbocycles. The quantitative estimate of drug-likeness (QED) is 0.858. The SMILES string of the molecule is CC(C)(C)OC(=O)NC(C(=O)Cl)c1ccccc1. The third-order valence-corrected chi connectivity index (χ3v) is 2.24. The van der Waals surface area contributed by atoms with Crippen LogP contribution in [0.4, 0.5) is 4.79 Å². The second-order valence-corrected chi connectivity index (χ2v) is 5.17. The largest absolute Gasteiger partial charge is 0.444 e. The minimum absolute atomic E-state index is 0.614. The van der Waals surface area contributed by atoms with Gasteiger partial charge in [-0.2, -0.15) is 0 Å². The number of carbonyl (C=O) groups excluding carboxylic acids is 2. The van der Waals surface area contributed by atoms with E-state index >= 15 is 0 Å². The Morgan fingerprint density at radius 1 is 1.22 bits per heavy atom. The molecule has 0 aliphatic heterocycles. The molecule has 1 aromatic rings. The molecular formula is C13H16ClNO3. The minimum Gasteiger partial charge on any atom is -0.444 e. The summed E-state index contributed by atoms with van der Waals surface area (Å²) >= 11 is 5.48. The van der Waals surface area contributed by atoms with Gasteiger partial charge in [0.15, 0.2) is 0 Å². The Morgan fingerprint density at radius 2 is 1.78 bits per heavy atom. The lowest BCUT2D eigenvalue weighted by Crippen LogP contribution is -2.37. The topological polar surface area (TPSA) is 55.4 Å². The number of hydrogen-bond donors (Lipinski definition) is 1. The second kappa shape index (κ2) is 5.87. The van der Waals surface area contributed by atoms with E-state index in [0.717, 1.165) is 0 Å². The van der Waals surface area contributed by atoms with E-state index < -0.39 is 23.0 Å². The first-order valence-electron chi connectivity index (χ1n) is 5.53. The van der Waals surface area contributed by atoms with Crippen molar-refractivity contribution in [2.75, 3.05) is 0 Å². The highest BCUT2D eigenvalue weighted by Gasteiger charge is 2.24. The number of rotatable bonds is 3.